The molecule has 1 atom stereocenters. The van der Waals surface area contributed by atoms with E-state index in [9.17, 15) is 8.42 Å². The van der Waals surface area contributed by atoms with Crippen molar-refractivity contribution in [2.24, 2.45) is 0 Å². The number of nitrogens with one attached hydrogen (secondary N) is 1. The summed E-state index contributed by atoms with van der Waals surface area (Å²) in [5.74, 6) is 0.239. The Bertz CT molecular complexity index is 468. The predicted octanol–water partition coefficient (Wildman–Crippen LogP) is 3.23. The van der Waals surface area contributed by atoms with Gasteiger partial charge >= 0.3 is 0 Å². The zero-order valence-electron chi connectivity index (χ0n) is 9.70. The second-order valence-corrected chi connectivity index (χ2v) is 7.17. The summed E-state index contributed by atoms with van der Waals surface area (Å²) < 4.78 is 22.9. The molecule has 0 saturated heterocycles. The van der Waals surface area contributed by atoms with Gasteiger partial charge in [-0.2, -0.15) is 0 Å². The van der Waals surface area contributed by atoms with Crippen molar-refractivity contribution < 1.29 is 8.42 Å². The second kappa shape index (κ2) is 5.94. The van der Waals surface area contributed by atoms with Gasteiger partial charge in [0.15, 0.2) is 9.84 Å². The van der Waals surface area contributed by atoms with Crippen molar-refractivity contribution in [3.63, 3.8) is 0 Å². The molecule has 6 heteroatoms. The molecule has 3 nitrogen and oxygen atoms in total. The number of hydrogen-bond donors (Lipinski definition) is 1. The monoisotopic (exact) mass is 295 g/mol. The fourth-order valence-electron chi connectivity index (χ4n) is 1.46. The minimum absolute atomic E-state index is 0.0909. The van der Waals surface area contributed by atoms with E-state index in [4.69, 9.17) is 23.2 Å². The average molecular weight is 296 g/mol. The van der Waals surface area contributed by atoms with Crippen LogP contribution in [0.15, 0.2) is 18.2 Å². The van der Waals surface area contributed by atoms with Crippen LogP contribution in [-0.2, 0) is 9.84 Å². The van der Waals surface area contributed by atoms with Gasteiger partial charge in [0.1, 0.15) is 0 Å². The molecule has 0 amide bonds. The van der Waals surface area contributed by atoms with Crippen LogP contribution in [0.1, 0.15) is 13.8 Å². The van der Waals surface area contributed by atoms with E-state index >= 15 is 0 Å². The summed E-state index contributed by atoms with van der Waals surface area (Å²) in [4.78, 5) is 0. The van der Waals surface area contributed by atoms with Gasteiger partial charge in [0.25, 0.3) is 0 Å². The third kappa shape index (κ3) is 5.15. The molecule has 17 heavy (non-hydrogen) atoms. The maximum absolute atomic E-state index is 11.4. The first-order valence-corrected chi connectivity index (χ1v) is 7.83. The van der Waals surface area contributed by atoms with Gasteiger partial charge in [0.2, 0.25) is 0 Å². The fraction of sp³-hybridized carbons (Fsp3) is 0.455. The SMILES string of the molecule is CCS(=O)(=O)CC(C)Nc1cc(Cl)cc(Cl)c1. The summed E-state index contributed by atoms with van der Waals surface area (Å²) in [7, 11) is -2.99. The van der Waals surface area contributed by atoms with Crippen LogP contribution in [0.4, 0.5) is 5.69 Å². The van der Waals surface area contributed by atoms with Gasteiger partial charge in [-0.15, -0.1) is 0 Å². The van der Waals surface area contributed by atoms with E-state index in [1.807, 2.05) is 6.92 Å². The lowest BCUT2D eigenvalue weighted by molar-refractivity contribution is 0.593. The van der Waals surface area contributed by atoms with Crippen LogP contribution in [0, 0.1) is 0 Å². The smallest absolute Gasteiger partial charge is 0.152 e. The molecule has 0 fully saturated rings. The van der Waals surface area contributed by atoms with Gasteiger partial charge in [0, 0.05) is 27.5 Å². The zero-order valence-corrected chi connectivity index (χ0v) is 12.0. The van der Waals surface area contributed by atoms with Crippen molar-refractivity contribution in [1.82, 2.24) is 0 Å². The van der Waals surface area contributed by atoms with Crippen molar-refractivity contribution in [3.8, 4) is 0 Å². The van der Waals surface area contributed by atoms with Gasteiger partial charge in [0.05, 0.1) is 5.75 Å². The van der Waals surface area contributed by atoms with Crippen LogP contribution in [0.5, 0.6) is 0 Å². The number of hydrogen-bond acceptors (Lipinski definition) is 3. The van der Waals surface area contributed by atoms with E-state index in [1.165, 1.54) is 0 Å². The molecule has 1 aromatic carbocycles. The van der Waals surface area contributed by atoms with Crippen molar-refractivity contribution in [2.45, 2.75) is 19.9 Å². The molecule has 1 N–H and O–H groups in total. The second-order valence-electron chi connectivity index (χ2n) is 3.90. The van der Waals surface area contributed by atoms with E-state index < -0.39 is 9.84 Å². The molecule has 0 radical (unpaired) electrons. The molecule has 1 aromatic rings. The lowest BCUT2D eigenvalue weighted by Crippen LogP contribution is -2.26. The average Bonchev–Trinajstić information content (AvgIpc) is 2.14. The Morgan fingerprint density at radius 3 is 2.24 bits per heavy atom. The fourth-order valence-corrected chi connectivity index (χ4v) is 3.07. The molecule has 0 saturated carbocycles. The molecule has 0 bridgehead atoms. The first-order valence-electron chi connectivity index (χ1n) is 5.25. The van der Waals surface area contributed by atoms with Crippen LogP contribution in [0.2, 0.25) is 10.0 Å². The highest BCUT2D eigenvalue weighted by atomic mass is 35.5. The maximum atomic E-state index is 11.4. The Kier molecular flexibility index (Phi) is 5.10. The highest BCUT2D eigenvalue weighted by Crippen LogP contribution is 2.23. The molecular formula is C11H15Cl2NO2S. The third-order valence-corrected chi connectivity index (χ3v) is 4.54. The van der Waals surface area contributed by atoms with E-state index in [0.29, 0.717) is 10.0 Å². The van der Waals surface area contributed by atoms with Gasteiger partial charge in [-0.25, -0.2) is 8.42 Å². The van der Waals surface area contributed by atoms with Crippen LogP contribution < -0.4 is 5.32 Å². The molecule has 96 valence electrons. The summed E-state index contributed by atoms with van der Waals surface area (Å²) in [5.41, 5.74) is 0.723. The molecule has 0 spiro atoms. The Hall–Kier alpha value is -0.450. The third-order valence-electron chi connectivity index (χ3n) is 2.22. The summed E-state index contributed by atoms with van der Waals surface area (Å²) >= 11 is 11.7. The first-order chi connectivity index (χ1) is 7.82. The van der Waals surface area contributed by atoms with Crippen LogP contribution in [-0.4, -0.2) is 26.0 Å². The zero-order chi connectivity index (χ0) is 13.1. The number of anilines is 1. The maximum Gasteiger partial charge on any atom is 0.152 e. The van der Waals surface area contributed by atoms with E-state index in [0.717, 1.165) is 5.69 Å². The topological polar surface area (TPSA) is 46.2 Å². The molecule has 0 aromatic heterocycles. The first kappa shape index (κ1) is 14.6. The van der Waals surface area contributed by atoms with Gasteiger partial charge in [-0.1, -0.05) is 30.1 Å². The number of benzene rings is 1. The standard InChI is InChI=1S/C11H15Cl2NO2S/c1-3-17(15,16)7-8(2)14-11-5-9(12)4-10(13)6-11/h4-6,8,14H,3,7H2,1-2H3. The Balaban J connectivity index is 2.71. The van der Waals surface area contributed by atoms with Crippen molar-refractivity contribution in [1.29, 1.82) is 0 Å². The van der Waals surface area contributed by atoms with E-state index in [2.05, 4.69) is 5.32 Å². The highest BCUT2D eigenvalue weighted by molar-refractivity contribution is 7.91. The molecule has 1 unspecified atom stereocenters. The minimum Gasteiger partial charge on any atom is -0.381 e. The molecule has 0 aliphatic carbocycles. The normalized spacial score (nSPS) is 13.4. The van der Waals surface area contributed by atoms with Crippen LogP contribution in [0.25, 0.3) is 0 Å². The summed E-state index contributed by atoms with van der Waals surface area (Å²) in [6.07, 6.45) is 0. The molecule has 1 rings (SSSR count). The van der Waals surface area contributed by atoms with Crippen LogP contribution >= 0.6 is 23.2 Å². The number of rotatable bonds is 5. The lowest BCUT2D eigenvalue weighted by Gasteiger charge is -2.15. The van der Waals surface area contributed by atoms with Gasteiger partial charge in [-0.05, 0) is 25.1 Å². The summed E-state index contributed by atoms with van der Waals surface area (Å²) in [6.45, 7) is 3.44. The largest absolute Gasteiger partial charge is 0.381 e. The van der Waals surface area contributed by atoms with Gasteiger partial charge in [-0.3, -0.25) is 0 Å². The molecule has 0 aliphatic rings. The summed E-state index contributed by atoms with van der Waals surface area (Å²) in [5, 5.41) is 4.10. The quantitative estimate of drug-likeness (QED) is 0.907. The Morgan fingerprint density at radius 2 is 1.76 bits per heavy atom. The molecule has 0 aliphatic heterocycles. The molecule has 0 heterocycles. The van der Waals surface area contributed by atoms with Crippen molar-refractivity contribution in [3.05, 3.63) is 28.2 Å². The Labute approximate surface area is 112 Å². The molecular weight excluding hydrogens is 281 g/mol. The van der Waals surface area contributed by atoms with Gasteiger partial charge < -0.3 is 5.32 Å². The summed E-state index contributed by atoms with van der Waals surface area (Å²) in [6, 6.07) is 4.86. The number of sulfone groups is 1. The highest BCUT2D eigenvalue weighted by Gasteiger charge is 2.13. The van der Waals surface area contributed by atoms with Crippen LogP contribution in [0.3, 0.4) is 0 Å². The van der Waals surface area contributed by atoms with E-state index in [-0.39, 0.29) is 17.5 Å². The predicted molar refractivity (Wildman–Crippen MR) is 73.9 cm³/mol. The van der Waals surface area contributed by atoms with Crippen molar-refractivity contribution >= 4 is 38.7 Å². The lowest BCUT2D eigenvalue weighted by atomic mass is 10.3. The number of halogens is 2. The van der Waals surface area contributed by atoms with Crippen molar-refractivity contribution in [2.75, 3.05) is 16.8 Å². The van der Waals surface area contributed by atoms with E-state index in [1.54, 1.807) is 25.1 Å². The Morgan fingerprint density at radius 1 is 1.24 bits per heavy atom. The minimum atomic E-state index is -2.99.